The van der Waals surface area contributed by atoms with Crippen molar-refractivity contribution in [1.29, 1.82) is 0 Å². The van der Waals surface area contributed by atoms with Crippen molar-refractivity contribution in [2.45, 2.75) is 6.92 Å². The number of aliphatic carboxylic acids is 2. The molecule has 0 aliphatic rings. The topological polar surface area (TPSA) is 74.6 Å². The number of carboxylic acids is 2. The Bertz CT molecular complexity index is 187. The molecule has 13 heavy (non-hydrogen) atoms. The normalized spacial score (nSPS) is 5.92. The Morgan fingerprint density at radius 3 is 1.54 bits per heavy atom. The van der Waals surface area contributed by atoms with E-state index in [9.17, 15) is 9.59 Å². The molecule has 0 spiro atoms. The molecule has 0 radical (unpaired) electrons. The number of hydrogen-bond donors (Lipinski definition) is 2. The van der Waals surface area contributed by atoms with Gasteiger partial charge in [0, 0.05) is 31.1 Å². The van der Waals surface area contributed by atoms with Crippen LogP contribution in [0.15, 0.2) is 24.8 Å². The van der Waals surface area contributed by atoms with E-state index >= 15 is 0 Å². The van der Waals surface area contributed by atoms with Crippen LogP contribution >= 0.6 is 0 Å². The molecule has 0 aromatic rings. The molecule has 0 saturated carbocycles. The summed E-state index contributed by atoms with van der Waals surface area (Å²) in [5.41, 5.74) is 0.176. The molecule has 4 nitrogen and oxygen atoms in total. The maximum atomic E-state index is 9.60. The van der Waals surface area contributed by atoms with Crippen molar-refractivity contribution in [3.63, 3.8) is 0 Å². The van der Waals surface area contributed by atoms with E-state index in [1.54, 1.807) is 0 Å². The molecular formula is C7H12CaO4Zn. The Kier molecular flexibility index (Phi) is 26.5. The first-order valence-corrected chi connectivity index (χ1v) is 2.66. The first-order valence-electron chi connectivity index (χ1n) is 2.66. The minimum atomic E-state index is -0.981. The van der Waals surface area contributed by atoms with E-state index in [0.29, 0.717) is 0 Å². The summed E-state index contributed by atoms with van der Waals surface area (Å²) in [5.74, 6) is -1.92. The van der Waals surface area contributed by atoms with Gasteiger partial charge in [-0.25, -0.2) is 9.59 Å². The fraction of sp³-hybridized carbons (Fsp3) is 0.143. The minimum Gasteiger partial charge on any atom is -1.00 e. The molecule has 0 rings (SSSR count). The van der Waals surface area contributed by atoms with Gasteiger partial charge >= 0.3 is 49.7 Å². The molecule has 6 heteroatoms. The van der Waals surface area contributed by atoms with Crippen molar-refractivity contribution in [3.8, 4) is 0 Å². The van der Waals surface area contributed by atoms with Crippen molar-refractivity contribution in [2.75, 3.05) is 0 Å². The zero-order valence-electron chi connectivity index (χ0n) is 9.62. The molecule has 0 amide bonds. The van der Waals surface area contributed by atoms with Crippen molar-refractivity contribution in [3.05, 3.63) is 24.8 Å². The fourth-order valence-corrected chi connectivity index (χ4v) is 0. The minimum absolute atomic E-state index is 0. The third-order valence-corrected chi connectivity index (χ3v) is 0.540. The summed E-state index contributed by atoms with van der Waals surface area (Å²) < 4.78 is 0. The smallest absolute Gasteiger partial charge is 1.00 e. The summed E-state index contributed by atoms with van der Waals surface area (Å²) in [7, 11) is 0. The van der Waals surface area contributed by atoms with Gasteiger partial charge in [-0.1, -0.05) is 13.2 Å². The summed E-state index contributed by atoms with van der Waals surface area (Å²) in [6.45, 7) is 7.56. The van der Waals surface area contributed by atoms with Gasteiger partial charge in [0.05, 0.1) is 0 Å². The van der Waals surface area contributed by atoms with Gasteiger partial charge in [0.25, 0.3) is 0 Å². The second-order valence-corrected chi connectivity index (χ2v) is 1.63. The largest absolute Gasteiger partial charge is 2.00 e. The first kappa shape index (κ1) is 23.3. The molecule has 0 aromatic heterocycles. The molecule has 0 unspecified atom stereocenters. The predicted molar refractivity (Wildman–Crippen MR) is 48.3 cm³/mol. The zero-order valence-corrected chi connectivity index (χ0v) is 12.8. The summed E-state index contributed by atoms with van der Waals surface area (Å²) in [5, 5.41) is 15.5. The Hall–Kier alpha value is 0.303. The molecular weight excluding hydrogens is 254 g/mol. The molecule has 0 aliphatic heterocycles. The maximum Gasteiger partial charge on any atom is 2.00 e. The van der Waals surface area contributed by atoms with Crippen molar-refractivity contribution in [1.82, 2.24) is 0 Å². The molecule has 0 aromatic carbocycles. The van der Waals surface area contributed by atoms with Gasteiger partial charge in [0.1, 0.15) is 0 Å². The predicted octanol–water partition coefficient (Wildman–Crippen LogP) is 0.746. The standard InChI is InChI=1S/C4H6O2.C3H4O2.Ca.Zn.2H/c1-3(2)4(5)6;1-2-3(4)5;;;;/h1H2,2H3,(H,5,6);2H,1H2,(H,4,5);;;;/q;;+2;;2*-1. The Morgan fingerprint density at radius 1 is 1.38 bits per heavy atom. The number of hydrogen-bond acceptors (Lipinski definition) is 2. The van der Waals surface area contributed by atoms with Crippen molar-refractivity contribution >= 4 is 49.7 Å². The van der Waals surface area contributed by atoms with E-state index in [1.165, 1.54) is 6.92 Å². The van der Waals surface area contributed by atoms with Crippen LogP contribution in [0.4, 0.5) is 0 Å². The summed E-state index contributed by atoms with van der Waals surface area (Å²) in [6, 6.07) is 0. The van der Waals surface area contributed by atoms with E-state index < -0.39 is 11.9 Å². The van der Waals surface area contributed by atoms with Gasteiger partial charge < -0.3 is 13.1 Å². The quantitative estimate of drug-likeness (QED) is 0.571. The Balaban J connectivity index is -0.0000000215. The molecule has 68 valence electrons. The van der Waals surface area contributed by atoms with Crippen molar-refractivity contribution < 1.29 is 42.1 Å². The van der Waals surface area contributed by atoms with E-state index in [4.69, 9.17) is 10.2 Å². The molecule has 0 atom stereocenters. The van der Waals surface area contributed by atoms with Crippen LogP contribution in [-0.4, -0.2) is 59.9 Å². The van der Waals surface area contributed by atoms with Crippen LogP contribution in [0.5, 0.6) is 0 Å². The van der Waals surface area contributed by atoms with Gasteiger partial charge in [-0.05, 0) is 6.92 Å². The third kappa shape index (κ3) is 32.9. The molecule has 0 saturated heterocycles. The average Bonchev–Trinajstić information content (AvgIpc) is 1.89. The van der Waals surface area contributed by atoms with Crippen LogP contribution in [-0.2, 0) is 29.1 Å². The second kappa shape index (κ2) is 14.8. The molecule has 0 aliphatic carbocycles. The third-order valence-electron chi connectivity index (χ3n) is 0.540. The summed E-state index contributed by atoms with van der Waals surface area (Å²) in [6.07, 6.45) is 0.833. The SMILES string of the molecule is C=C(C)C(=O)O.C=CC(=O)O.[Ca+2].[H-].[H-].[Zn]. The second-order valence-electron chi connectivity index (χ2n) is 1.63. The molecule has 2 N–H and O–H groups in total. The van der Waals surface area contributed by atoms with Gasteiger partial charge in [-0.3, -0.25) is 0 Å². The Labute approximate surface area is 122 Å². The maximum absolute atomic E-state index is 9.60. The molecule has 0 heterocycles. The van der Waals surface area contributed by atoms with E-state index in [0.717, 1.165) is 6.08 Å². The summed E-state index contributed by atoms with van der Waals surface area (Å²) >= 11 is 0. The van der Waals surface area contributed by atoms with Gasteiger partial charge in [-0.2, -0.15) is 0 Å². The van der Waals surface area contributed by atoms with Crippen LogP contribution in [0.2, 0.25) is 0 Å². The summed E-state index contributed by atoms with van der Waals surface area (Å²) in [4.78, 5) is 18.8. The number of carboxylic acid groups (broad SMARTS) is 2. The fourth-order valence-electron chi connectivity index (χ4n) is 0. The van der Waals surface area contributed by atoms with Crippen LogP contribution in [0.1, 0.15) is 9.78 Å². The number of carbonyl (C=O) groups is 2. The van der Waals surface area contributed by atoms with E-state index in [1.807, 2.05) is 0 Å². The zero-order chi connectivity index (χ0) is 9.44. The monoisotopic (exact) mass is 264 g/mol. The van der Waals surface area contributed by atoms with E-state index in [-0.39, 0.29) is 65.6 Å². The van der Waals surface area contributed by atoms with Crippen LogP contribution in [0.3, 0.4) is 0 Å². The van der Waals surface area contributed by atoms with Gasteiger partial charge in [0.2, 0.25) is 0 Å². The van der Waals surface area contributed by atoms with Crippen LogP contribution in [0, 0.1) is 0 Å². The van der Waals surface area contributed by atoms with Crippen LogP contribution < -0.4 is 0 Å². The Morgan fingerprint density at radius 2 is 1.54 bits per heavy atom. The van der Waals surface area contributed by atoms with E-state index in [2.05, 4.69) is 13.2 Å². The molecule has 0 bridgehead atoms. The average molecular weight is 266 g/mol. The first-order chi connectivity index (χ1) is 4.91. The number of rotatable bonds is 2. The van der Waals surface area contributed by atoms with Gasteiger partial charge in [-0.15, -0.1) is 0 Å². The van der Waals surface area contributed by atoms with Crippen LogP contribution in [0.25, 0.3) is 0 Å². The van der Waals surface area contributed by atoms with Crippen molar-refractivity contribution in [2.24, 2.45) is 0 Å². The molecule has 0 fully saturated rings. The van der Waals surface area contributed by atoms with Gasteiger partial charge in [0.15, 0.2) is 0 Å².